The van der Waals surface area contributed by atoms with Crippen LogP contribution in [0, 0.1) is 0 Å². The van der Waals surface area contributed by atoms with E-state index in [1.165, 1.54) is 11.1 Å². The van der Waals surface area contributed by atoms with Gasteiger partial charge in [0.25, 0.3) is 5.91 Å². The number of thiazole rings is 1. The van der Waals surface area contributed by atoms with Crippen molar-refractivity contribution < 1.29 is 4.79 Å². The van der Waals surface area contributed by atoms with Crippen molar-refractivity contribution >= 4 is 28.6 Å². The third-order valence-corrected chi connectivity index (χ3v) is 8.18. The molecule has 5 rings (SSSR count). The number of benzene rings is 1. The van der Waals surface area contributed by atoms with Crippen molar-refractivity contribution in [2.45, 2.75) is 37.8 Å². The Bertz CT molecular complexity index is 972. The van der Waals surface area contributed by atoms with Gasteiger partial charge < -0.3 is 4.90 Å². The van der Waals surface area contributed by atoms with Gasteiger partial charge in [-0.05, 0) is 54.8 Å². The molecule has 1 atom stereocenters. The minimum atomic E-state index is 0.0469. The molecule has 3 heterocycles. The number of amides is 1. The van der Waals surface area contributed by atoms with Crippen molar-refractivity contribution in [1.29, 1.82) is 0 Å². The largest absolute Gasteiger partial charge is 0.336 e. The van der Waals surface area contributed by atoms with Crippen LogP contribution in [-0.2, 0) is 12.8 Å². The van der Waals surface area contributed by atoms with Crippen molar-refractivity contribution in [1.82, 2.24) is 14.8 Å². The van der Waals surface area contributed by atoms with E-state index >= 15 is 0 Å². The van der Waals surface area contributed by atoms with Crippen molar-refractivity contribution in [2.75, 3.05) is 20.1 Å². The summed E-state index contributed by atoms with van der Waals surface area (Å²) in [5.41, 5.74) is 3.56. The first-order valence-corrected chi connectivity index (χ1v) is 12.0. The standard InChI is InChI=1S/C23H25N3OS2/c1-25(23(27)20-15-29-22(24-20)21-9-5-11-28-21)18-8-4-10-26(14-18)19-12-16-6-2-3-7-17(16)13-19/h2-3,5-7,9,11,15,18-19H,4,8,10,12-14H2,1H3/t18-/m0/s1. The van der Waals surface area contributed by atoms with Crippen LogP contribution in [0.3, 0.4) is 0 Å². The lowest BCUT2D eigenvalue weighted by Crippen LogP contribution is -2.51. The molecule has 2 aliphatic rings. The fourth-order valence-corrected chi connectivity index (χ4v) is 6.26. The minimum absolute atomic E-state index is 0.0469. The van der Waals surface area contributed by atoms with Crippen molar-refractivity contribution in [3.05, 3.63) is 64.0 Å². The van der Waals surface area contributed by atoms with Crippen LogP contribution in [0.2, 0.25) is 0 Å². The quantitative estimate of drug-likeness (QED) is 0.617. The maximum absolute atomic E-state index is 13.1. The number of likely N-dealkylation sites (N-methyl/N-ethyl adjacent to an activating group) is 1. The Balaban J connectivity index is 1.25. The highest BCUT2D eigenvalue weighted by atomic mass is 32.1. The molecule has 1 fully saturated rings. The first-order valence-electron chi connectivity index (χ1n) is 10.3. The number of hydrogen-bond donors (Lipinski definition) is 0. The van der Waals surface area contributed by atoms with E-state index in [-0.39, 0.29) is 11.9 Å². The molecule has 0 saturated carbocycles. The number of carbonyl (C=O) groups is 1. The van der Waals surface area contributed by atoms with Gasteiger partial charge >= 0.3 is 0 Å². The van der Waals surface area contributed by atoms with E-state index in [1.54, 1.807) is 22.7 Å². The second kappa shape index (κ2) is 8.01. The Morgan fingerprint density at radius 2 is 1.93 bits per heavy atom. The summed E-state index contributed by atoms with van der Waals surface area (Å²) in [5, 5.41) is 4.88. The summed E-state index contributed by atoms with van der Waals surface area (Å²) < 4.78 is 0. The molecule has 0 spiro atoms. The van der Waals surface area contributed by atoms with Gasteiger partial charge in [-0.2, -0.15) is 0 Å². The monoisotopic (exact) mass is 423 g/mol. The van der Waals surface area contributed by atoms with Gasteiger partial charge in [-0.25, -0.2) is 4.98 Å². The molecule has 1 saturated heterocycles. The second-order valence-corrected chi connectivity index (χ2v) is 9.86. The van der Waals surface area contributed by atoms with Gasteiger partial charge in [0, 0.05) is 31.1 Å². The molecule has 1 amide bonds. The molecule has 0 bridgehead atoms. The zero-order chi connectivity index (χ0) is 19.8. The van der Waals surface area contributed by atoms with Crippen molar-refractivity contribution in [3.8, 4) is 9.88 Å². The molecule has 0 N–H and O–H groups in total. The van der Waals surface area contributed by atoms with Gasteiger partial charge in [-0.15, -0.1) is 22.7 Å². The highest BCUT2D eigenvalue weighted by Crippen LogP contribution is 2.30. The van der Waals surface area contributed by atoms with Gasteiger partial charge in [-0.1, -0.05) is 30.3 Å². The first-order chi connectivity index (χ1) is 14.2. The Labute approximate surface area is 179 Å². The third kappa shape index (κ3) is 3.77. The zero-order valence-electron chi connectivity index (χ0n) is 16.6. The maximum Gasteiger partial charge on any atom is 0.273 e. The third-order valence-electron chi connectivity index (χ3n) is 6.30. The molecule has 0 radical (unpaired) electrons. The lowest BCUT2D eigenvalue weighted by molar-refractivity contribution is 0.0551. The average molecular weight is 424 g/mol. The molecule has 29 heavy (non-hydrogen) atoms. The van der Waals surface area contributed by atoms with E-state index in [4.69, 9.17) is 0 Å². The normalized spacial score (nSPS) is 20.0. The number of aromatic nitrogens is 1. The van der Waals surface area contributed by atoms with E-state index in [2.05, 4.69) is 40.2 Å². The van der Waals surface area contributed by atoms with Gasteiger partial charge in [0.15, 0.2) is 0 Å². The van der Waals surface area contributed by atoms with Gasteiger partial charge in [0.05, 0.1) is 4.88 Å². The van der Waals surface area contributed by atoms with Crippen LogP contribution in [0.15, 0.2) is 47.2 Å². The minimum Gasteiger partial charge on any atom is -0.336 e. The number of carbonyl (C=O) groups excluding carboxylic acids is 1. The molecule has 1 aromatic carbocycles. The number of nitrogens with zero attached hydrogens (tertiary/aromatic N) is 3. The number of piperidine rings is 1. The van der Waals surface area contributed by atoms with Gasteiger partial charge in [-0.3, -0.25) is 9.69 Å². The maximum atomic E-state index is 13.1. The highest BCUT2D eigenvalue weighted by molar-refractivity contribution is 7.20. The SMILES string of the molecule is CN(C(=O)c1csc(-c2cccs2)n1)[C@H]1CCCN(C2Cc3ccccc3C2)C1. The molecule has 3 aromatic rings. The zero-order valence-corrected chi connectivity index (χ0v) is 18.2. The van der Waals surface area contributed by atoms with Crippen LogP contribution >= 0.6 is 22.7 Å². The number of fused-ring (bicyclic) bond motifs is 1. The molecule has 1 aliphatic heterocycles. The smallest absolute Gasteiger partial charge is 0.273 e. The van der Waals surface area contributed by atoms with Crippen LogP contribution in [-0.4, -0.2) is 52.9 Å². The Hall–Kier alpha value is -2.02. The number of likely N-dealkylation sites (tertiary alicyclic amines) is 1. The fourth-order valence-electron chi connectivity index (χ4n) is 4.66. The molecular formula is C23H25N3OS2. The summed E-state index contributed by atoms with van der Waals surface area (Å²) in [6.45, 7) is 2.10. The average Bonchev–Trinajstić information content (AvgIpc) is 3.52. The van der Waals surface area contributed by atoms with Crippen LogP contribution < -0.4 is 0 Å². The van der Waals surface area contributed by atoms with E-state index in [0.29, 0.717) is 11.7 Å². The van der Waals surface area contributed by atoms with Crippen molar-refractivity contribution in [3.63, 3.8) is 0 Å². The topological polar surface area (TPSA) is 36.4 Å². The highest BCUT2D eigenvalue weighted by Gasteiger charge is 2.33. The van der Waals surface area contributed by atoms with E-state index in [1.807, 2.05) is 28.8 Å². The van der Waals surface area contributed by atoms with Crippen LogP contribution in [0.5, 0.6) is 0 Å². The number of rotatable bonds is 4. The lowest BCUT2D eigenvalue weighted by atomic mass is 10.0. The van der Waals surface area contributed by atoms with Crippen LogP contribution in [0.4, 0.5) is 0 Å². The Morgan fingerprint density at radius 1 is 1.14 bits per heavy atom. The Morgan fingerprint density at radius 3 is 2.66 bits per heavy atom. The molecule has 6 heteroatoms. The van der Waals surface area contributed by atoms with Crippen LogP contribution in [0.1, 0.15) is 34.5 Å². The number of thiophene rings is 1. The summed E-state index contributed by atoms with van der Waals surface area (Å²) >= 11 is 3.22. The van der Waals surface area contributed by atoms with E-state index < -0.39 is 0 Å². The molecule has 2 aromatic heterocycles. The summed E-state index contributed by atoms with van der Waals surface area (Å²) in [7, 11) is 1.95. The first kappa shape index (κ1) is 19.0. The van der Waals surface area contributed by atoms with Gasteiger partial charge in [0.2, 0.25) is 0 Å². The van der Waals surface area contributed by atoms with Crippen LogP contribution in [0.25, 0.3) is 9.88 Å². The van der Waals surface area contributed by atoms with Crippen molar-refractivity contribution in [2.24, 2.45) is 0 Å². The summed E-state index contributed by atoms with van der Waals surface area (Å²) in [6, 6.07) is 13.7. The summed E-state index contributed by atoms with van der Waals surface area (Å²) in [4.78, 5) is 23.4. The molecule has 150 valence electrons. The molecule has 1 aliphatic carbocycles. The fraction of sp³-hybridized carbons (Fsp3) is 0.391. The summed E-state index contributed by atoms with van der Waals surface area (Å²) in [5.74, 6) is 0.0469. The van der Waals surface area contributed by atoms with E-state index in [0.717, 1.165) is 48.7 Å². The molecule has 0 unspecified atom stereocenters. The lowest BCUT2D eigenvalue weighted by Gasteiger charge is -2.40. The van der Waals surface area contributed by atoms with E-state index in [9.17, 15) is 4.79 Å². The van der Waals surface area contributed by atoms with Gasteiger partial charge in [0.1, 0.15) is 10.7 Å². The predicted molar refractivity (Wildman–Crippen MR) is 120 cm³/mol. The second-order valence-electron chi connectivity index (χ2n) is 8.05. The predicted octanol–water partition coefficient (Wildman–Crippen LogP) is 4.58. The molecule has 4 nitrogen and oxygen atoms in total. The molecular weight excluding hydrogens is 398 g/mol. The Kier molecular flexibility index (Phi) is 5.24. The number of hydrogen-bond acceptors (Lipinski definition) is 5. The summed E-state index contributed by atoms with van der Waals surface area (Å²) in [6.07, 6.45) is 4.49.